The van der Waals surface area contributed by atoms with Crippen LogP contribution >= 0.6 is 0 Å². The van der Waals surface area contributed by atoms with Gasteiger partial charge in [-0.2, -0.15) is 0 Å². The standard InChI is InChI=1S/C7H12F2/c1-3-7(9)5-4-6(2)8/h3,6H,4-5H2,1-2H3/b7-3+/t6-/m1/s1. The maximum Gasteiger partial charge on any atom is 0.0977 e. The monoisotopic (exact) mass is 134 g/mol. The van der Waals surface area contributed by atoms with Gasteiger partial charge in [0.15, 0.2) is 0 Å². The molecule has 0 N–H and O–H groups in total. The summed E-state index contributed by atoms with van der Waals surface area (Å²) in [7, 11) is 0. The van der Waals surface area contributed by atoms with Gasteiger partial charge in [0.1, 0.15) is 0 Å². The van der Waals surface area contributed by atoms with E-state index in [2.05, 4.69) is 0 Å². The molecule has 0 unspecified atom stereocenters. The molecule has 0 aliphatic carbocycles. The van der Waals surface area contributed by atoms with E-state index in [9.17, 15) is 8.78 Å². The zero-order chi connectivity index (χ0) is 7.28. The first-order valence-corrected chi connectivity index (χ1v) is 3.11. The van der Waals surface area contributed by atoms with Gasteiger partial charge >= 0.3 is 0 Å². The number of rotatable bonds is 3. The second-order valence-corrected chi connectivity index (χ2v) is 2.05. The van der Waals surface area contributed by atoms with Crippen LogP contribution in [0.2, 0.25) is 0 Å². The van der Waals surface area contributed by atoms with Gasteiger partial charge in [-0.25, -0.2) is 8.78 Å². The van der Waals surface area contributed by atoms with E-state index in [0.717, 1.165) is 0 Å². The van der Waals surface area contributed by atoms with E-state index in [1.807, 2.05) is 0 Å². The van der Waals surface area contributed by atoms with Crippen molar-refractivity contribution in [3.63, 3.8) is 0 Å². The van der Waals surface area contributed by atoms with Gasteiger partial charge in [0.2, 0.25) is 0 Å². The summed E-state index contributed by atoms with van der Waals surface area (Å²) < 4.78 is 24.2. The maximum absolute atomic E-state index is 12.2. The Bertz CT molecular complexity index is 95.1. The number of hydrogen-bond acceptors (Lipinski definition) is 0. The Hall–Kier alpha value is -0.400. The minimum atomic E-state index is -0.893. The molecule has 0 aliphatic heterocycles. The first kappa shape index (κ1) is 8.60. The van der Waals surface area contributed by atoms with Crippen molar-refractivity contribution in [2.45, 2.75) is 32.9 Å². The summed E-state index contributed by atoms with van der Waals surface area (Å²) in [6.07, 6.45) is 0.989. The fourth-order valence-electron chi connectivity index (χ4n) is 0.481. The summed E-state index contributed by atoms with van der Waals surface area (Å²) in [5, 5.41) is 0. The van der Waals surface area contributed by atoms with Crippen molar-refractivity contribution in [3.05, 3.63) is 11.9 Å². The van der Waals surface area contributed by atoms with E-state index in [0.29, 0.717) is 0 Å². The van der Waals surface area contributed by atoms with E-state index < -0.39 is 6.17 Å². The van der Waals surface area contributed by atoms with Gasteiger partial charge < -0.3 is 0 Å². The molecule has 0 aliphatic rings. The molecule has 54 valence electrons. The Morgan fingerprint density at radius 1 is 1.67 bits per heavy atom. The molecule has 9 heavy (non-hydrogen) atoms. The Balaban J connectivity index is 3.28. The summed E-state index contributed by atoms with van der Waals surface area (Å²) in [5.41, 5.74) is 0. The van der Waals surface area contributed by atoms with Crippen molar-refractivity contribution < 1.29 is 8.78 Å². The van der Waals surface area contributed by atoms with Crippen LogP contribution in [0.1, 0.15) is 26.7 Å². The van der Waals surface area contributed by atoms with E-state index in [1.54, 1.807) is 6.92 Å². The van der Waals surface area contributed by atoms with Crippen LogP contribution in [-0.4, -0.2) is 6.17 Å². The van der Waals surface area contributed by atoms with Crippen molar-refractivity contribution in [1.29, 1.82) is 0 Å². The van der Waals surface area contributed by atoms with Crippen LogP contribution in [0.25, 0.3) is 0 Å². The summed E-state index contributed by atoms with van der Waals surface area (Å²) in [4.78, 5) is 0. The molecule has 0 nitrogen and oxygen atoms in total. The number of allylic oxidation sites excluding steroid dienone is 2. The third-order valence-electron chi connectivity index (χ3n) is 1.09. The van der Waals surface area contributed by atoms with Crippen LogP contribution in [-0.2, 0) is 0 Å². The zero-order valence-electron chi connectivity index (χ0n) is 5.82. The molecule has 0 saturated carbocycles. The zero-order valence-corrected chi connectivity index (χ0v) is 5.82. The SMILES string of the molecule is C/C=C(/F)CC[C@@H](C)F. The van der Waals surface area contributed by atoms with E-state index in [-0.39, 0.29) is 18.7 Å². The molecule has 0 aromatic carbocycles. The molecule has 0 amide bonds. The highest BCUT2D eigenvalue weighted by Gasteiger charge is 1.99. The smallest absolute Gasteiger partial charge is 0.0977 e. The van der Waals surface area contributed by atoms with Gasteiger partial charge in [-0.15, -0.1) is 0 Å². The van der Waals surface area contributed by atoms with E-state index in [4.69, 9.17) is 0 Å². The Kier molecular flexibility index (Phi) is 4.28. The highest BCUT2D eigenvalue weighted by molar-refractivity contribution is 4.88. The van der Waals surface area contributed by atoms with Crippen LogP contribution in [0.3, 0.4) is 0 Å². The third kappa shape index (κ3) is 5.47. The summed E-state index contributed by atoms with van der Waals surface area (Å²) in [6, 6.07) is 0. The Morgan fingerprint density at radius 3 is 2.56 bits per heavy atom. The highest BCUT2D eigenvalue weighted by atomic mass is 19.1. The molecule has 0 spiro atoms. The topological polar surface area (TPSA) is 0 Å². The predicted octanol–water partition coefficient (Wildman–Crippen LogP) is 3.00. The second-order valence-electron chi connectivity index (χ2n) is 2.05. The minimum Gasteiger partial charge on any atom is -0.248 e. The molecule has 0 rings (SSSR count). The molecular weight excluding hydrogens is 122 g/mol. The van der Waals surface area contributed by atoms with Crippen molar-refractivity contribution in [2.75, 3.05) is 0 Å². The van der Waals surface area contributed by atoms with Crippen molar-refractivity contribution >= 4 is 0 Å². The van der Waals surface area contributed by atoms with E-state index >= 15 is 0 Å². The average molecular weight is 134 g/mol. The first-order valence-electron chi connectivity index (χ1n) is 3.11. The fraction of sp³-hybridized carbons (Fsp3) is 0.714. The summed E-state index contributed by atoms with van der Waals surface area (Å²) in [6.45, 7) is 3.04. The Labute approximate surface area is 54.6 Å². The third-order valence-corrected chi connectivity index (χ3v) is 1.09. The van der Waals surface area contributed by atoms with Gasteiger partial charge in [0.05, 0.1) is 12.0 Å². The number of halogens is 2. The second kappa shape index (κ2) is 4.48. The first-order chi connectivity index (χ1) is 4.16. The Morgan fingerprint density at radius 2 is 2.22 bits per heavy atom. The molecular formula is C7H12F2. The maximum atomic E-state index is 12.2. The largest absolute Gasteiger partial charge is 0.248 e. The van der Waals surface area contributed by atoms with Crippen molar-refractivity contribution in [3.8, 4) is 0 Å². The van der Waals surface area contributed by atoms with Crippen LogP contribution < -0.4 is 0 Å². The van der Waals surface area contributed by atoms with Crippen LogP contribution in [0.4, 0.5) is 8.78 Å². The van der Waals surface area contributed by atoms with Crippen LogP contribution in [0.15, 0.2) is 11.9 Å². The highest BCUT2D eigenvalue weighted by Crippen LogP contribution is 2.09. The van der Waals surface area contributed by atoms with Gasteiger partial charge in [0.25, 0.3) is 0 Å². The average Bonchev–Trinajstić information content (AvgIpc) is 1.83. The molecule has 0 fully saturated rings. The van der Waals surface area contributed by atoms with Gasteiger partial charge in [-0.05, 0) is 20.3 Å². The lowest BCUT2D eigenvalue weighted by molar-refractivity contribution is 0.333. The number of alkyl halides is 1. The predicted molar refractivity (Wildman–Crippen MR) is 34.7 cm³/mol. The normalized spacial score (nSPS) is 15.8. The fourth-order valence-corrected chi connectivity index (χ4v) is 0.481. The molecule has 2 heteroatoms. The van der Waals surface area contributed by atoms with Gasteiger partial charge in [-0.1, -0.05) is 6.08 Å². The minimum absolute atomic E-state index is 0.223. The number of hydrogen-bond donors (Lipinski definition) is 0. The van der Waals surface area contributed by atoms with Gasteiger partial charge in [0, 0.05) is 6.42 Å². The van der Waals surface area contributed by atoms with E-state index in [1.165, 1.54) is 13.0 Å². The molecule has 0 radical (unpaired) electrons. The molecule has 0 heterocycles. The molecule has 0 saturated heterocycles. The quantitative estimate of drug-likeness (QED) is 0.556. The van der Waals surface area contributed by atoms with Crippen LogP contribution in [0, 0.1) is 0 Å². The summed E-state index contributed by atoms with van der Waals surface area (Å²) >= 11 is 0. The van der Waals surface area contributed by atoms with Gasteiger partial charge in [-0.3, -0.25) is 0 Å². The lowest BCUT2D eigenvalue weighted by Crippen LogP contribution is -1.91. The molecule has 0 aromatic rings. The molecule has 0 bridgehead atoms. The molecule has 0 aromatic heterocycles. The summed E-state index contributed by atoms with van der Waals surface area (Å²) in [5.74, 6) is -0.223. The lowest BCUT2D eigenvalue weighted by atomic mass is 10.2. The van der Waals surface area contributed by atoms with Crippen molar-refractivity contribution in [1.82, 2.24) is 0 Å². The van der Waals surface area contributed by atoms with Crippen molar-refractivity contribution in [2.24, 2.45) is 0 Å². The van der Waals surface area contributed by atoms with Crippen LogP contribution in [0.5, 0.6) is 0 Å². The molecule has 1 atom stereocenters. The lowest BCUT2D eigenvalue weighted by Gasteiger charge is -1.97.